The molecule has 0 atom stereocenters. The zero-order valence-corrected chi connectivity index (χ0v) is 23.1. The smallest absolute Gasteiger partial charge is 0.271 e. The van der Waals surface area contributed by atoms with Crippen LogP contribution in [0.2, 0.25) is 10.0 Å². The first kappa shape index (κ1) is 26.4. The second-order valence-corrected chi connectivity index (χ2v) is 10.2. The van der Waals surface area contributed by atoms with E-state index in [1.165, 1.54) is 11.8 Å². The number of thioether (sulfide) groups is 1. The van der Waals surface area contributed by atoms with Crippen LogP contribution < -0.4 is 14.4 Å². The van der Waals surface area contributed by atoms with E-state index in [4.69, 9.17) is 37.7 Å². The first-order valence-corrected chi connectivity index (χ1v) is 13.3. The van der Waals surface area contributed by atoms with Gasteiger partial charge in [-0.3, -0.25) is 9.69 Å². The highest BCUT2D eigenvalue weighted by Crippen LogP contribution is 2.41. The van der Waals surface area contributed by atoms with Crippen LogP contribution in [0.25, 0.3) is 6.08 Å². The molecule has 0 aliphatic carbocycles. The topological polar surface area (TPSA) is 51.1 Å². The summed E-state index contributed by atoms with van der Waals surface area (Å²) in [4.78, 5) is 20.4. The van der Waals surface area contributed by atoms with E-state index < -0.39 is 0 Å². The standard InChI is InChI=1S/C27H21BrCl2N2O3S/c1-3-13-35-25-22(28)14-17(15-23(25)34-4-2)16-24-26(33)32(21-11-7-19(30)8-12-21)27(36-24)31-20-9-5-18(29)6-10-20/h3,5-12,14-16H,1,4,13H2,2H3/b24-16-,31-27?. The molecule has 0 saturated carbocycles. The number of hydrogen-bond acceptors (Lipinski definition) is 5. The highest BCUT2D eigenvalue weighted by atomic mass is 79.9. The quantitative estimate of drug-likeness (QED) is 0.191. The Balaban J connectivity index is 1.75. The Morgan fingerprint density at radius 1 is 1.06 bits per heavy atom. The Labute approximate surface area is 232 Å². The van der Waals surface area contributed by atoms with Crippen molar-refractivity contribution in [2.24, 2.45) is 4.99 Å². The zero-order chi connectivity index (χ0) is 25.7. The van der Waals surface area contributed by atoms with Crippen molar-refractivity contribution in [2.45, 2.75) is 6.92 Å². The van der Waals surface area contributed by atoms with Crippen LogP contribution in [-0.4, -0.2) is 24.3 Å². The largest absolute Gasteiger partial charge is 0.490 e. The van der Waals surface area contributed by atoms with E-state index >= 15 is 0 Å². The van der Waals surface area contributed by atoms with Crippen LogP contribution >= 0.6 is 50.9 Å². The van der Waals surface area contributed by atoms with Crippen molar-refractivity contribution in [3.05, 3.63) is 98.3 Å². The van der Waals surface area contributed by atoms with Crippen LogP contribution in [0.5, 0.6) is 11.5 Å². The van der Waals surface area contributed by atoms with E-state index in [0.29, 0.717) is 60.7 Å². The molecule has 1 fully saturated rings. The van der Waals surface area contributed by atoms with Gasteiger partial charge >= 0.3 is 0 Å². The highest BCUT2D eigenvalue weighted by molar-refractivity contribution is 9.10. The fourth-order valence-corrected chi connectivity index (χ4v) is 5.19. The number of anilines is 1. The van der Waals surface area contributed by atoms with E-state index in [0.717, 1.165) is 5.56 Å². The molecule has 9 heteroatoms. The van der Waals surface area contributed by atoms with E-state index in [-0.39, 0.29) is 5.91 Å². The van der Waals surface area contributed by atoms with E-state index in [1.54, 1.807) is 59.5 Å². The van der Waals surface area contributed by atoms with Crippen molar-refractivity contribution in [1.29, 1.82) is 0 Å². The SMILES string of the molecule is C=CCOc1c(Br)cc(/C=C2\SC(=Nc3ccc(Cl)cc3)N(c3ccc(Cl)cc3)C2=O)cc1OCC. The Morgan fingerprint density at radius 3 is 2.36 bits per heavy atom. The maximum Gasteiger partial charge on any atom is 0.271 e. The molecule has 1 heterocycles. The molecule has 0 N–H and O–H groups in total. The lowest BCUT2D eigenvalue weighted by Gasteiger charge is -2.16. The van der Waals surface area contributed by atoms with Gasteiger partial charge in [0.05, 0.1) is 27.4 Å². The van der Waals surface area contributed by atoms with E-state index in [1.807, 2.05) is 25.1 Å². The first-order chi connectivity index (χ1) is 17.4. The summed E-state index contributed by atoms with van der Waals surface area (Å²) in [5, 5.41) is 1.71. The summed E-state index contributed by atoms with van der Waals surface area (Å²) in [5.74, 6) is 0.953. The molecule has 184 valence electrons. The van der Waals surface area contributed by atoms with Crippen LogP contribution in [0.3, 0.4) is 0 Å². The monoisotopic (exact) mass is 602 g/mol. The minimum atomic E-state index is -0.198. The van der Waals surface area contributed by atoms with Crippen LogP contribution in [0.4, 0.5) is 11.4 Å². The Hall–Kier alpha value is -2.71. The minimum absolute atomic E-state index is 0.198. The van der Waals surface area contributed by atoms with Gasteiger partial charge in [-0.2, -0.15) is 0 Å². The molecular weight excluding hydrogens is 583 g/mol. The third-order valence-corrected chi connectivity index (χ3v) is 6.98. The Kier molecular flexibility index (Phi) is 8.80. The Morgan fingerprint density at radius 2 is 1.72 bits per heavy atom. The molecule has 0 radical (unpaired) electrons. The Bertz CT molecular complexity index is 1340. The molecule has 0 aromatic heterocycles. The number of aliphatic imine (C=N–C) groups is 1. The van der Waals surface area contributed by atoms with Crippen molar-refractivity contribution in [3.63, 3.8) is 0 Å². The molecule has 0 unspecified atom stereocenters. The van der Waals surface area contributed by atoms with Gasteiger partial charge in [0.1, 0.15) is 6.61 Å². The lowest BCUT2D eigenvalue weighted by Crippen LogP contribution is -2.28. The number of ether oxygens (including phenoxy) is 2. The predicted octanol–water partition coefficient (Wildman–Crippen LogP) is 8.53. The number of benzene rings is 3. The summed E-state index contributed by atoms with van der Waals surface area (Å²) in [6.45, 7) is 6.40. The number of amidine groups is 1. The second-order valence-electron chi connectivity index (χ2n) is 7.46. The molecule has 4 rings (SSSR count). The fraction of sp³-hybridized carbons (Fsp3) is 0.111. The third-order valence-electron chi connectivity index (χ3n) is 4.92. The van der Waals surface area contributed by atoms with Crippen molar-refractivity contribution in [3.8, 4) is 11.5 Å². The van der Waals surface area contributed by atoms with Crippen molar-refractivity contribution in [2.75, 3.05) is 18.1 Å². The third kappa shape index (κ3) is 6.16. The molecule has 0 spiro atoms. The van der Waals surface area contributed by atoms with Gasteiger partial charge in [-0.15, -0.1) is 0 Å². The maximum absolute atomic E-state index is 13.6. The average Bonchev–Trinajstić information content (AvgIpc) is 3.15. The van der Waals surface area contributed by atoms with Gasteiger partial charge in [0.25, 0.3) is 5.91 Å². The van der Waals surface area contributed by atoms with Gasteiger partial charge in [0.2, 0.25) is 0 Å². The number of rotatable bonds is 8. The van der Waals surface area contributed by atoms with Crippen molar-refractivity contribution < 1.29 is 14.3 Å². The van der Waals surface area contributed by atoms with Crippen LogP contribution in [0, 0.1) is 0 Å². The van der Waals surface area contributed by atoms with Crippen LogP contribution in [0.1, 0.15) is 12.5 Å². The lowest BCUT2D eigenvalue weighted by atomic mass is 10.1. The van der Waals surface area contributed by atoms with Crippen molar-refractivity contribution in [1.82, 2.24) is 0 Å². The molecule has 1 saturated heterocycles. The molecule has 1 aliphatic heterocycles. The number of amides is 1. The maximum atomic E-state index is 13.6. The molecule has 0 bridgehead atoms. The van der Waals surface area contributed by atoms with Gasteiger partial charge in [-0.25, -0.2) is 4.99 Å². The molecular formula is C27H21BrCl2N2O3S. The first-order valence-electron chi connectivity index (χ1n) is 10.9. The molecule has 1 aliphatic rings. The van der Waals surface area contributed by atoms with Gasteiger partial charge in [0.15, 0.2) is 16.7 Å². The predicted molar refractivity (Wildman–Crippen MR) is 154 cm³/mol. The molecule has 36 heavy (non-hydrogen) atoms. The zero-order valence-electron chi connectivity index (χ0n) is 19.2. The molecule has 3 aromatic carbocycles. The average molecular weight is 604 g/mol. The minimum Gasteiger partial charge on any atom is -0.490 e. The lowest BCUT2D eigenvalue weighted by molar-refractivity contribution is -0.113. The summed E-state index contributed by atoms with van der Waals surface area (Å²) in [6, 6.07) is 17.9. The fourth-order valence-electron chi connectivity index (χ4n) is 3.36. The summed E-state index contributed by atoms with van der Waals surface area (Å²) in [6.07, 6.45) is 3.48. The second kappa shape index (κ2) is 12.0. The van der Waals surface area contributed by atoms with Crippen LogP contribution in [0.15, 0.2) is 87.7 Å². The number of carbonyl (C=O) groups is 1. The molecule has 3 aromatic rings. The summed E-state index contributed by atoms with van der Waals surface area (Å²) >= 11 is 16.9. The van der Waals surface area contributed by atoms with Crippen molar-refractivity contribution >= 4 is 79.4 Å². The normalized spacial score (nSPS) is 15.6. The van der Waals surface area contributed by atoms with Gasteiger partial charge < -0.3 is 9.47 Å². The van der Waals surface area contributed by atoms with Gasteiger partial charge in [-0.05, 0) is 107 Å². The molecule has 1 amide bonds. The van der Waals surface area contributed by atoms with E-state index in [9.17, 15) is 4.79 Å². The number of nitrogens with zero attached hydrogens (tertiary/aromatic N) is 2. The number of halogens is 3. The van der Waals surface area contributed by atoms with E-state index in [2.05, 4.69) is 22.5 Å². The van der Waals surface area contributed by atoms with Gasteiger partial charge in [-0.1, -0.05) is 35.9 Å². The number of hydrogen-bond donors (Lipinski definition) is 0. The summed E-state index contributed by atoms with van der Waals surface area (Å²) < 4.78 is 12.3. The van der Waals surface area contributed by atoms with Gasteiger partial charge in [0, 0.05) is 10.0 Å². The van der Waals surface area contributed by atoms with Crippen LogP contribution in [-0.2, 0) is 4.79 Å². The highest BCUT2D eigenvalue weighted by Gasteiger charge is 2.35. The summed E-state index contributed by atoms with van der Waals surface area (Å²) in [5.41, 5.74) is 2.12. The molecule has 5 nitrogen and oxygen atoms in total. The summed E-state index contributed by atoms with van der Waals surface area (Å²) in [7, 11) is 0. The number of carbonyl (C=O) groups excluding carboxylic acids is 1.